The number of nitrogens with two attached hydrogens (primary N) is 1. The van der Waals surface area contributed by atoms with Crippen molar-refractivity contribution >= 4 is 57.1 Å². The van der Waals surface area contributed by atoms with E-state index in [1.54, 1.807) is 28.8 Å². The summed E-state index contributed by atoms with van der Waals surface area (Å²) < 4.78 is 31.4. The van der Waals surface area contributed by atoms with E-state index in [0.717, 1.165) is 47.2 Å². The van der Waals surface area contributed by atoms with Crippen LogP contribution in [0.1, 0.15) is 105 Å². The number of hydrogen-bond donors (Lipinski definition) is 1. The zero-order chi connectivity index (χ0) is 45.5. The van der Waals surface area contributed by atoms with Crippen molar-refractivity contribution < 1.29 is 28.5 Å². The standard InChI is InChI=1S/C23H24N6O3.C15H18IN3O2.C7H6N4O/c1-14(2)32-20-15(7-17(30)16-5-4-6-19-24-13-25-29(16)19)8-28-9-18(26-21(28)27-20)23-10-22(3,11-23)31-12-23;1-9(2)21-12-10(16)4-19-5-11(17-13(19)18-12)15-6-14(3,7-15)20-8-15;8-7(12)5-2-1-3-6-9-4-10-11(5)6/h4-6,8-9,13-14H,7,10-12H2,1-3H3;4-5,9H,6-8H2,1-3H3;1-4H,(H2,8,12). The Labute approximate surface area is 386 Å². The number of halogens is 1. The molecule has 8 aromatic heterocycles. The summed E-state index contributed by atoms with van der Waals surface area (Å²) in [7, 11) is 0. The second-order valence-corrected chi connectivity index (χ2v) is 19.7. The number of hydrogen-bond acceptors (Lipinski definition) is 14. The van der Waals surface area contributed by atoms with Gasteiger partial charge in [-0.15, -0.1) is 0 Å². The Bertz CT molecular complexity index is 3140. The Balaban J connectivity index is 0.000000129. The molecular weight excluding hydrogens is 945 g/mol. The number of ether oxygens (including phenoxy) is 4. The zero-order valence-electron chi connectivity index (χ0n) is 36.8. The topological polar surface area (TPSA) is 218 Å². The Morgan fingerprint density at radius 3 is 1.71 bits per heavy atom. The van der Waals surface area contributed by atoms with E-state index in [1.807, 2.05) is 67.2 Å². The van der Waals surface area contributed by atoms with Crippen LogP contribution in [0.4, 0.5) is 0 Å². The number of ketones is 1. The molecule has 65 heavy (non-hydrogen) atoms. The number of carbonyl (C=O) groups excluding carboxylic acids is 2. The van der Waals surface area contributed by atoms with Gasteiger partial charge in [0.25, 0.3) is 5.91 Å². The van der Waals surface area contributed by atoms with Gasteiger partial charge in [0.15, 0.2) is 17.1 Å². The van der Waals surface area contributed by atoms with Crippen molar-refractivity contribution in [1.29, 1.82) is 0 Å². The predicted octanol–water partition coefficient (Wildman–Crippen LogP) is 5.57. The molecular formula is C45H48IN13O6. The van der Waals surface area contributed by atoms with Crippen LogP contribution >= 0.6 is 22.6 Å². The van der Waals surface area contributed by atoms with Crippen molar-refractivity contribution in [2.75, 3.05) is 13.2 Å². The quantitative estimate of drug-likeness (QED) is 0.131. The van der Waals surface area contributed by atoms with Gasteiger partial charge in [-0.2, -0.15) is 20.2 Å². The lowest BCUT2D eigenvalue weighted by atomic mass is 9.62. The van der Waals surface area contributed by atoms with Crippen molar-refractivity contribution in [3.8, 4) is 11.8 Å². The fraction of sp³-hybridized carbons (Fsp3) is 0.422. The molecule has 1 amide bonds. The molecule has 4 bridgehead atoms. The summed E-state index contributed by atoms with van der Waals surface area (Å²) >= 11 is 2.25. The van der Waals surface area contributed by atoms with Gasteiger partial charge in [-0.05, 0) is 114 Å². The second kappa shape index (κ2) is 15.8. The van der Waals surface area contributed by atoms with E-state index in [9.17, 15) is 9.59 Å². The predicted molar refractivity (Wildman–Crippen MR) is 243 cm³/mol. The van der Waals surface area contributed by atoms with E-state index < -0.39 is 5.91 Å². The summed E-state index contributed by atoms with van der Waals surface area (Å²) in [5.41, 5.74) is 10.1. The molecule has 8 aromatic rings. The maximum absolute atomic E-state index is 13.2. The number of carbonyl (C=O) groups is 2. The molecule has 2 saturated carbocycles. The van der Waals surface area contributed by atoms with Crippen LogP contribution in [0.2, 0.25) is 0 Å². The van der Waals surface area contributed by atoms with Gasteiger partial charge in [-0.1, -0.05) is 12.1 Å². The highest BCUT2D eigenvalue weighted by Crippen LogP contribution is 2.59. The Morgan fingerprint density at radius 2 is 1.20 bits per heavy atom. The van der Waals surface area contributed by atoms with Crippen LogP contribution in [0.25, 0.3) is 22.8 Å². The zero-order valence-corrected chi connectivity index (χ0v) is 39.0. The maximum Gasteiger partial charge on any atom is 0.267 e. The Kier molecular flexibility index (Phi) is 10.4. The van der Waals surface area contributed by atoms with E-state index in [-0.39, 0.29) is 46.4 Å². The summed E-state index contributed by atoms with van der Waals surface area (Å²) in [6, 6.07) is 10.4. The average Bonchev–Trinajstić information content (AvgIpc) is 4.10. The number of pyridine rings is 2. The Hall–Kier alpha value is -6.13. The maximum atomic E-state index is 13.2. The van der Waals surface area contributed by atoms with Gasteiger partial charge in [0.05, 0.1) is 51.6 Å². The van der Waals surface area contributed by atoms with Gasteiger partial charge in [0, 0.05) is 47.6 Å². The van der Waals surface area contributed by atoms with Crippen LogP contribution in [0.3, 0.4) is 0 Å². The monoisotopic (exact) mass is 993 g/mol. The lowest BCUT2D eigenvalue weighted by molar-refractivity contribution is 0.0151. The second-order valence-electron chi connectivity index (χ2n) is 18.6. The number of amides is 1. The fourth-order valence-electron chi connectivity index (χ4n) is 9.75. The number of primary amides is 1. The average molecular weight is 994 g/mol. The number of rotatable bonds is 10. The van der Waals surface area contributed by atoms with Crippen LogP contribution < -0.4 is 15.2 Å². The summed E-state index contributed by atoms with van der Waals surface area (Å²) in [4.78, 5) is 50.9. The van der Waals surface area contributed by atoms with Crippen LogP contribution in [0, 0.1) is 3.57 Å². The van der Waals surface area contributed by atoms with Crippen molar-refractivity contribution in [2.45, 2.75) is 108 Å². The lowest BCUT2D eigenvalue weighted by Gasteiger charge is -2.41. The largest absolute Gasteiger partial charge is 0.475 e. The van der Waals surface area contributed by atoms with Crippen LogP contribution in [-0.4, -0.2) is 106 Å². The summed E-state index contributed by atoms with van der Waals surface area (Å²) in [5, 5.41) is 8.02. The number of fused-ring (bicyclic) bond motifs is 6. The molecule has 12 heterocycles. The van der Waals surface area contributed by atoms with Crippen molar-refractivity contribution in [3.63, 3.8) is 0 Å². The molecule has 0 unspecified atom stereocenters. The molecule has 2 N–H and O–H groups in total. The highest BCUT2D eigenvalue weighted by molar-refractivity contribution is 14.1. The Morgan fingerprint density at radius 1 is 0.708 bits per heavy atom. The highest BCUT2D eigenvalue weighted by atomic mass is 127. The van der Waals surface area contributed by atoms with Crippen molar-refractivity contribution in [3.05, 3.63) is 106 Å². The first-order valence-corrected chi connectivity index (χ1v) is 22.6. The summed E-state index contributed by atoms with van der Waals surface area (Å²) in [6.45, 7) is 13.7. The van der Waals surface area contributed by atoms with Crippen LogP contribution in [0.15, 0.2) is 73.8 Å². The van der Waals surface area contributed by atoms with E-state index in [1.165, 1.54) is 17.2 Å². The fourth-order valence-corrected chi connectivity index (χ4v) is 10.3. The van der Waals surface area contributed by atoms with E-state index >= 15 is 0 Å². The smallest absolute Gasteiger partial charge is 0.267 e. The minimum Gasteiger partial charge on any atom is -0.475 e. The van der Waals surface area contributed by atoms with Gasteiger partial charge >= 0.3 is 0 Å². The lowest BCUT2D eigenvalue weighted by Crippen LogP contribution is -2.45. The highest BCUT2D eigenvalue weighted by Gasteiger charge is 2.62. The molecule has 14 rings (SSSR count). The minimum atomic E-state index is -0.508. The molecule has 0 spiro atoms. The first kappa shape index (κ1) is 42.8. The van der Waals surface area contributed by atoms with E-state index in [4.69, 9.17) is 34.6 Å². The molecule has 336 valence electrons. The summed E-state index contributed by atoms with van der Waals surface area (Å²) in [5.74, 6) is 1.77. The molecule has 6 aliphatic rings. The molecule has 4 aliphatic heterocycles. The third-order valence-electron chi connectivity index (χ3n) is 12.4. The van der Waals surface area contributed by atoms with Crippen LogP contribution in [0.5, 0.6) is 11.8 Å². The first-order valence-electron chi connectivity index (χ1n) is 21.5. The molecule has 6 fully saturated rings. The number of imidazole rings is 2. The molecule has 2 aliphatic carbocycles. The van der Waals surface area contributed by atoms with Gasteiger partial charge in [-0.25, -0.2) is 29.0 Å². The molecule has 0 radical (unpaired) electrons. The minimum absolute atomic E-state index is 0.0187. The number of aromatic nitrogens is 12. The third kappa shape index (κ3) is 7.83. The van der Waals surface area contributed by atoms with Crippen molar-refractivity contribution in [2.24, 2.45) is 5.73 Å². The third-order valence-corrected chi connectivity index (χ3v) is 13.1. The number of nitrogens with zero attached hydrogens (tertiary/aromatic N) is 12. The van der Waals surface area contributed by atoms with Gasteiger partial charge in [-0.3, -0.25) is 18.4 Å². The van der Waals surface area contributed by atoms with Gasteiger partial charge < -0.3 is 24.7 Å². The van der Waals surface area contributed by atoms with Gasteiger partial charge in [0.2, 0.25) is 23.3 Å². The molecule has 0 atom stereocenters. The van der Waals surface area contributed by atoms with Crippen LogP contribution in [-0.2, 0) is 26.7 Å². The van der Waals surface area contributed by atoms with Gasteiger partial charge in [0.1, 0.15) is 24.0 Å². The van der Waals surface area contributed by atoms with E-state index in [2.05, 4.69) is 72.8 Å². The molecule has 20 heteroatoms. The molecule has 19 nitrogen and oxygen atoms in total. The number of Topliss-reactive ketones (excluding diaryl/α,β-unsaturated/α-hetero) is 1. The normalized spacial score (nSPS) is 23.9. The van der Waals surface area contributed by atoms with E-state index in [0.29, 0.717) is 58.2 Å². The SMILES string of the molecule is CC(C)Oc1nc2nc(C34COC(C)(C3)C4)cn2cc1CC(=O)c1cccc2ncnn12.CC(C)Oc1nc2nc(C34COC(C)(C3)C4)cn2cc1I.NC(=O)c1cccc2ncnn12. The molecule has 4 saturated heterocycles. The van der Waals surface area contributed by atoms with Crippen molar-refractivity contribution in [1.82, 2.24) is 57.9 Å². The summed E-state index contributed by atoms with van der Waals surface area (Å²) in [6.07, 6.45) is 15.1. The first-order chi connectivity index (χ1) is 31.0. The molecule has 0 aromatic carbocycles.